The van der Waals surface area contributed by atoms with Gasteiger partial charge in [0.1, 0.15) is 5.82 Å². The number of halogens is 1. The van der Waals surface area contributed by atoms with Gasteiger partial charge in [-0.05, 0) is 57.5 Å². The van der Waals surface area contributed by atoms with E-state index in [-0.39, 0.29) is 29.7 Å². The third-order valence-electron chi connectivity index (χ3n) is 5.77. The number of nitrogens with zero attached hydrogens (tertiary/aromatic N) is 3. The smallest absolute Gasteiger partial charge is 0.320 e. The van der Waals surface area contributed by atoms with Gasteiger partial charge in [-0.3, -0.25) is 4.79 Å². The molecule has 154 valence electrons. The Balaban J connectivity index is 1.56. The topological polar surface area (TPSA) is 55.9 Å². The summed E-state index contributed by atoms with van der Waals surface area (Å²) in [5.74, 6) is -0.489. The highest BCUT2D eigenvalue weighted by atomic mass is 19.1. The van der Waals surface area contributed by atoms with Crippen LogP contribution in [0.15, 0.2) is 24.3 Å². The number of rotatable bonds is 5. The molecule has 0 radical (unpaired) electrons. The van der Waals surface area contributed by atoms with Crippen LogP contribution in [0.5, 0.6) is 0 Å². The average molecular weight is 391 g/mol. The van der Waals surface area contributed by atoms with Crippen LogP contribution in [0, 0.1) is 11.7 Å². The summed E-state index contributed by atoms with van der Waals surface area (Å²) in [7, 11) is 3.83. The van der Waals surface area contributed by atoms with Crippen LogP contribution in [0.25, 0.3) is 0 Å². The van der Waals surface area contributed by atoms with Gasteiger partial charge in [-0.2, -0.15) is 0 Å². The molecule has 1 aromatic carbocycles. The van der Waals surface area contributed by atoms with Crippen LogP contribution >= 0.6 is 0 Å². The van der Waals surface area contributed by atoms with E-state index >= 15 is 0 Å². The second kappa shape index (κ2) is 9.37. The molecular weight excluding hydrogens is 359 g/mol. The molecule has 3 amide bonds. The summed E-state index contributed by atoms with van der Waals surface area (Å²) in [6.07, 6.45) is 3.77. The molecule has 6 nitrogen and oxygen atoms in total. The predicted octanol–water partition coefficient (Wildman–Crippen LogP) is 2.47. The fraction of sp³-hybridized carbons (Fsp3) is 0.619. The van der Waals surface area contributed by atoms with Gasteiger partial charge in [-0.25, -0.2) is 9.18 Å². The summed E-state index contributed by atoms with van der Waals surface area (Å²) in [6, 6.07) is 6.45. The van der Waals surface area contributed by atoms with Crippen LogP contribution in [-0.2, 0) is 4.79 Å². The van der Waals surface area contributed by atoms with Crippen molar-refractivity contribution in [3.8, 4) is 0 Å². The molecule has 2 aliphatic rings. The SMILES string of the molecule is CN(C)C(CNC(=O)C1CCCN(C(=O)N2CCCC2)C1)c1cccc(F)c1. The predicted molar refractivity (Wildman–Crippen MR) is 106 cm³/mol. The Bertz CT molecular complexity index is 691. The first-order valence-electron chi connectivity index (χ1n) is 10.2. The van der Waals surface area contributed by atoms with E-state index in [0.717, 1.165) is 50.9 Å². The Morgan fingerprint density at radius 2 is 1.89 bits per heavy atom. The minimum atomic E-state index is -0.279. The molecular formula is C21H31FN4O2. The number of likely N-dealkylation sites (N-methyl/N-ethyl adjacent to an activating group) is 1. The summed E-state index contributed by atoms with van der Waals surface area (Å²) in [5.41, 5.74) is 0.833. The van der Waals surface area contributed by atoms with E-state index in [2.05, 4.69) is 5.32 Å². The molecule has 2 saturated heterocycles. The molecule has 2 atom stereocenters. The van der Waals surface area contributed by atoms with Crippen molar-refractivity contribution < 1.29 is 14.0 Å². The van der Waals surface area contributed by atoms with Gasteiger partial charge in [-0.1, -0.05) is 12.1 Å². The maximum absolute atomic E-state index is 13.6. The molecule has 7 heteroatoms. The van der Waals surface area contributed by atoms with Crippen molar-refractivity contribution in [1.29, 1.82) is 0 Å². The van der Waals surface area contributed by atoms with E-state index in [1.54, 1.807) is 6.07 Å². The third-order valence-corrected chi connectivity index (χ3v) is 5.77. The maximum Gasteiger partial charge on any atom is 0.320 e. The fourth-order valence-corrected chi connectivity index (χ4v) is 4.13. The zero-order valence-electron chi connectivity index (χ0n) is 16.9. The van der Waals surface area contributed by atoms with Gasteiger partial charge < -0.3 is 20.0 Å². The maximum atomic E-state index is 13.6. The van der Waals surface area contributed by atoms with Crippen molar-refractivity contribution in [2.45, 2.75) is 31.7 Å². The molecule has 1 N–H and O–H groups in total. The molecule has 0 aromatic heterocycles. The minimum absolute atomic E-state index is 0.0258. The van der Waals surface area contributed by atoms with Gasteiger partial charge in [0.05, 0.1) is 12.0 Å². The zero-order valence-corrected chi connectivity index (χ0v) is 16.9. The van der Waals surface area contributed by atoms with Crippen LogP contribution in [0.1, 0.15) is 37.3 Å². The lowest BCUT2D eigenvalue weighted by Crippen LogP contribution is -2.50. The molecule has 28 heavy (non-hydrogen) atoms. The van der Waals surface area contributed by atoms with Crippen LogP contribution in [-0.4, -0.2) is 73.5 Å². The van der Waals surface area contributed by atoms with E-state index in [0.29, 0.717) is 13.1 Å². The fourth-order valence-electron chi connectivity index (χ4n) is 4.13. The van der Waals surface area contributed by atoms with Crippen LogP contribution in [0.3, 0.4) is 0 Å². The van der Waals surface area contributed by atoms with Crippen molar-refractivity contribution in [3.05, 3.63) is 35.6 Å². The van der Waals surface area contributed by atoms with Crippen LogP contribution in [0.2, 0.25) is 0 Å². The number of piperidine rings is 1. The summed E-state index contributed by atoms with van der Waals surface area (Å²) < 4.78 is 13.6. The van der Waals surface area contributed by atoms with Crippen LogP contribution < -0.4 is 5.32 Å². The summed E-state index contributed by atoms with van der Waals surface area (Å²) in [5, 5.41) is 3.03. The van der Waals surface area contributed by atoms with Gasteiger partial charge in [0, 0.05) is 32.7 Å². The highest BCUT2D eigenvalue weighted by Gasteiger charge is 2.31. The Morgan fingerprint density at radius 3 is 2.57 bits per heavy atom. The number of hydrogen-bond acceptors (Lipinski definition) is 3. The van der Waals surface area contributed by atoms with E-state index in [9.17, 15) is 14.0 Å². The average Bonchev–Trinajstić information content (AvgIpc) is 3.22. The minimum Gasteiger partial charge on any atom is -0.354 e. The number of carbonyl (C=O) groups excluding carboxylic acids is 2. The first-order chi connectivity index (χ1) is 13.5. The lowest BCUT2D eigenvalue weighted by atomic mass is 9.97. The molecule has 2 unspecified atom stereocenters. The summed E-state index contributed by atoms with van der Waals surface area (Å²) in [6.45, 7) is 3.26. The van der Waals surface area contributed by atoms with Crippen molar-refractivity contribution in [1.82, 2.24) is 20.0 Å². The number of likely N-dealkylation sites (tertiary alicyclic amines) is 2. The summed E-state index contributed by atoms with van der Waals surface area (Å²) in [4.78, 5) is 31.1. The molecule has 2 aliphatic heterocycles. The first-order valence-corrected chi connectivity index (χ1v) is 10.2. The number of carbonyl (C=O) groups is 2. The van der Waals surface area contributed by atoms with E-state index in [1.807, 2.05) is 34.9 Å². The molecule has 3 rings (SSSR count). The first kappa shape index (κ1) is 20.6. The quantitative estimate of drug-likeness (QED) is 0.840. The Kier molecular flexibility index (Phi) is 6.88. The number of nitrogens with one attached hydrogen (secondary N) is 1. The lowest BCUT2D eigenvalue weighted by Gasteiger charge is -2.35. The van der Waals surface area contributed by atoms with Crippen LogP contribution in [0.4, 0.5) is 9.18 Å². The van der Waals surface area contributed by atoms with Crippen molar-refractivity contribution in [2.75, 3.05) is 46.8 Å². The Hall–Kier alpha value is -2.15. The van der Waals surface area contributed by atoms with Gasteiger partial charge >= 0.3 is 6.03 Å². The number of amides is 3. The molecule has 1 aromatic rings. The molecule has 2 fully saturated rings. The highest BCUT2D eigenvalue weighted by Crippen LogP contribution is 2.21. The largest absolute Gasteiger partial charge is 0.354 e. The number of hydrogen-bond donors (Lipinski definition) is 1. The van der Waals surface area contributed by atoms with E-state index in [4.69, 9.17) is 0 Å². The monoisotopic (exact) mass is 390 g/mol. The second-order valence-corrected chi connectivity index (χ2v) is 8.04. The molecule has 0 spiro atoms. The van der Waals surface area contributed by atoms with Gasteiger partial charge in [-0.15, -0.1) is 0 Å². The standard InChI is InChI=1S/C21H31FN4O2/c1-24(2)19(16-7-5-9-18(22)13-16)14-23-20(27)17-8-6-12-26(15-17)21(28)25-10-3-4-11-25/h5,7,9,13,17,19H,3-4,6,8,10-12,14-15H2,1-2H3,(H,23,27). The molecule has 2 heterocycles. The molecule has 0 aliphatic carbocycles. The second-order valence-electron chi connectivity index (χ2n) is 8.04. The number of benzene rings is 1. The van der Waals surface area contributed by atoms with Gasteiger partial charge in [0.25, 0.3) is 0 Å². The Labute approximate surface area is 166 Å². The molecule has 0 saturated carbocycles. The Morgan fingerprint density at radius 1 is 1.18 bits per heavy atom. The van der Waals surface area contributed by atoms with E-state index in [1.165, 1.54) is 12.1 Å². The lowest BCUT2D eigenvalue weighted by molar-refractivity contribution is -0.126. The highest BCUT2D eigenvalue weighted by molar-refractivity contribution is 5.81. The summed E-state index contributed by atoms with van der Waals surface area (Å²) >= 11 is 0. The zero-order chi connectivity index (χ0) is 20.1. The van der Waals surface area contributed by atoms with Gasteiger partial charge in [0.15, 0.2) is 0 Å². The number of urea groups is 1. The molecule has 0 bridgehead atoms. The van der Waals surface area contributed by atoms with Crippen molar-refractivity contribution in [2.24, 2.45) is 5.92 Å². The van der Waals surface area contributed by atoms with Crippen molar-refractivity contribution >= 4 is 11.9 Å². The third kappa shape index (κ3) is 5.01. The van der Waals surface area contributed by atoms with E-state index < -0.39 is 0 Å². The van der Waals surface area contributed by atoms with Gasteiger partial charge in [0.2, 0.25) is 5.91 Å². The normalized spacial score (nSPS) is 21.1. The van der Waals surface area contributed by atoms with Crippen molar-refractivity contribution in [3.63, 3.8) is 0 Å².